The van der Waals surface area contributed by atoms with Gasteiger partial charge in [-0.05, 0) is 25.2 Å². The molecule has 2 nitrogen and oxygen atoms in total. The van der Waals surface area contributed by atoms with Crippen molar-refractivity contribution < 1.29 is 9.47 Å². The van der Waals surface area contributed by atoms with Gasteiger partial charge in [-0.15, -0.1) is 0 Å². The van der Waals surface area contributed by atoms with Crippen LogP contribution in [0.15, 0.2) is 0 Å². The third-order valence-corrected chi connectivity index (χ3v) is 6.22. The van der Waals surface area contributed by atoms with Crippen LogP contribution in [0.4, 0.5) is 0 Å². The van der Waals surface area contributed by atoms with Crippen LogP contribution in [0, 0.1) is 12.8 Å². The summed E-state index contributed by atoms with van der Waals surface area (Å²) in [4.78, 5) is 0. The zero-order valence-corrected chi connectivity index (χ0v) is 19.2. The first-order valence-corrected chi connectivity index (χ1v) is 12.9. The Morgan fingerprint density at radius 1 is 0.750 bits per heavy atom. The summed E-state index contributed by atoms with van der Waals surface area (Å²) in [6, 6.07) is 0. The predicted octanol–water partition coefficient (Wildman–Crippen LogP) is 8.28. The second kappa shape index (κ2) is 20.2. The van der Waals surface area contributed by atoms with Crippen molar-refractivity contribution in [1.29, 1.82) is 0 Å². The lowest BCUT2D eigenvalue weighted by atomic mass is 9.97. The molecule has 0 amide bonds. The Balaban J connectivity index is 1.79. The van der Waals surface area contributed by atoms with Crippen molar-refractivity contribution in [3.05, 3.63) is 6.92 Å². The van der Waals surface area contributed by atoms with Gasteiger partial charge in [0.25, 0.3) is 0 Å². The van der Waals surface area contributed by atoms with E-state index in [1.807, 2.05) is 0 Å². The highest BCUT2D eigenvalue weighted by molar-refractivity contribution is 4.73. The van der Waals surface area contributed by atoms with Crippen LogP contribution in [0.25, 0.3) is 0 Å². The third kappa shape index (κ3) is 15.8. The molecule has 2 heteroatoms. The lowest BCUT2D eigenvalue weighted by Crippen LogP contribution is -2.14. The maximum atomic E-state index is 5.93. The molecule has 167 valence electrons. The molecule has 0 N–H and O–H groups in total. The fourth-order valence-corrected chi connectivity index (χ4v) is 4.32. The highest BCUT2D eigenvalue weighted by Gasteiger charge is 2.24. The quantitative estimate of drug-likeness (QED) is 0.182. The van der Waals surface area contributed by atoms with Crippen molar-refractivity contribution in [2.75, 3.05) is 19.8 Å². The van der Waals surface area contributed by atoms with Crippen LogP contribution in [-0.2, 0) is 9.47 Å². The molecule has 1 radical (unpaired) electrons. The van der Waals surface area contributed by atoms with Gasteiger partial charge in [-0.25, -0.2) is 0 Å². The normalized spacial score (nSPS) is 19.5. The predicted molar refractivity (Wildman–Crippen MR) is 123 cm³/mol. The topological polar surface area (TPSA) is 18.5 Å². The summed E-state index contributed by atoms with van der Waals surface area (Å²) in [5.74, 6) is 0.786. The monoisotopic (exact) mass is 395 g/mol. The summed E-state index contributed by atoms with van der Waals surface area (Å²) in [7, 11) is 0. The van der Waals surface area contributed by atoms with Crippen molar-refractivity contribution in [3.63, 3.8) is 0 Å². The summed E-state index contributed by atoms with van der Waals surface area (Å²) < 4.78 is 11.8. The molecule has 1 rings (SSSR count). The summed E-state index contributed by atoms with van der Waals surface area (Å²) in [5.41, 5.74) is 0. The highest BCUT2D eigenvalue weighted by atomic mass is 16.5. The molecular formula is C26H51O2. The van der Waals surface area contributed by atoms with Gasteiger partial charge in [0.05, 0.1) is 12.7 Å². The van der Waals surface area contributed by atoms with Gasteiger partial charge in [0.15, 0.2) is 0 Å². The highest BCUT2D eigenvalue weighted by Crippen LogP contribution is 2.25. The maximum absolute atomic E-state index is 5.93. The average molecular weight is 396 g/mol. The molecule has 0 aromatic heterocycles. The Morgan fingerprint density at radius 3 is 1.96 bits per heavy atom. The van der Waals surface area contributed by atoms with E-state index >= 15 is 0 Å². The van der Waals surface area contributed by atoms with E-state index in [4.69, 9.17) is 9.47 Å². The molecule has 1 fully saturated rings. The van der Waals surface area contributed by atoms with Crippen molar-refractivity contribution in [1.82, 2.24) is 0 Å². The van der Waals surface area contributed by atoms with Gasteiger partial charge in [0.2, 0.25) is 0 Å². The lowest BCUT2D eigenvalue weighted by molar-refractivity contribution is 0.0153. The van der Waals surface area contributed by atoms with Gasteiger partial charge in [0, 0.05) is 13.2 Å². The second-order valence-corrected chi connectivity index (χ2v) is 9.08. The SMILES string of the molecule is [CH2]CCCCCCOCC1CC(CCCCCCCCCCCCCC)CO1. The summed E-state index contributed by atoms with van der Waals surface area (Å²) in [6.45, 7) is 8.86. The molecule has 1 heterocycles. The average Bonchev–Trinajstić information content (AvgIpc) is 3.16. The Hall–Kier alpha value is -0.0800. The van der Waals surface area contributed by atoms with Crippen molar-refractivity contribution >= 4 is 0 Å². The molecule has 2 atom stereocenters. The third-order valence-electron chi connectivity index (χ3n) is 6.22. The molecule has 0 bridgehead atoms. The summed E-state index contributed by atoms with van der Waals surface area (Å²) in [5, 5.41) is 0. The van der Waals surface area contributed by atoms with Crippen LogP contribution in [0.2, 0.25) is 0 Å². The number of unbranched alkanes of at least 4 members (excludes halogenated alkanes) is 15. The van der Waals surface area contributed by atoms with Gasteiger partial charge in [-0.2, -0.15) is 0 Å². The first-order valence-electron chi connectivity index (χ1n) is 12.9. The van der Waals surface area contributed by atoms with E-state index < -0.39 is 0 Å². The Kier molecular flexibility index (Phi) is 18.7. The zero-order valence-electron chi connectivity index (χ0n) is 19.2. The van der Waals surface area contributed by atoms with Crippen LogP contribution >= 0.6 is 0 Å². The second-order valence-electron chi connectivity index (χ2n) is 9.08. The molecule has 1 saturated heterocycles. The summed E-state index contributed by atoms with van der Waals surface area (Å²) in [6.07, 6.45) is 26.3. The van der Waals surface area contributed by atoms with E-state index in [9.17, 15) is 0 Å². The fourth-order valence-electron chi connectivity index (χ4n) is 4.32. The first-order chi connectivity index (χ1) is 13.9. The molecule has 0 aliphatic carbocycles. The number of ether oxygens (including phenoxy) is 2. The standard InChI is InChI=1S/C26H51O2/c1-3-5-7-9-10-11-12-13-14-15-16-18-20-25-22-26(28-23-25)24-27-21-19-17-8-6-4-2/h25-26H,2-24H2,1H3. The van der Waals surface area contributed by atoms with Crippen LogP contribution in [-0.4, -0.2) is 25.9 Å². The fraction of sp³-hybridized carbons (Fsp3) is 0.962. The first kappa shape index (κ1) is 26.0. The van der Waals surface area contributed by atoms with E-state index in [2.05, 4.69) is 13.8 Å². The Morgan fingerprint density at radius 2 is 1.32 bits per heavy atom. The molecule has 2 unspecified atom stereocenters. The van der Waals surface area contributed by atoms with Crippen LogP contribution in [0.3, 0.4) is 0 Å². The van der Waals surface area contributed by atoms with E-state index in [1.54, 1.807) is 0 Å². The minimum Gasteiger partial charge on any atom is -0.379 e. The van der Waals surface area contributed by atoms with Gasteiger partial charge in [-0.3, -0.25) is 0 Å². The van der Waals surface area contributed by atoms with Gasteiger partial charge in [0.1, 0.15) is 0 Å². The zero-order chi connectivity index (χ0) is 20.1. The number of hydrogen-bond donors (Lipinski definition) is 0. The maximum Gasteiger partial charge on any atom is 0.0812 e. The van der Waals surface area contributed by atoms with Crippen molar-refractivity contribution in [2.45, 2.75) is 135 Å². The molecule has 0 aromatic rings. The van der Waals surface area contributed by atoms with Gasteiger partial charge in [-0.1, -0.05) is 117 Å². The van der Waals surface area contributed by atoms with E-state index in [1.165, 1.54) is 116 Å². The van der Waals surface area contributed by atoms with Crippen LogP contribution < -0.4 is 0 Å². The molecule has 0 aromatic carbocycles. The molecule has 1 aliphatic rings. The van der Waals surface area contributed by atoms with Crippen molar-refractivity contribution in [2.24, 2.45) is 5.92 Å². The molecular weight excluding hydrogens is 344 g/mol. The lowest BCUT2D eigenvalue weighted by Gasteiger charge is -2.10. The molecule has 0 saturated carbocycles. The molecule has 1 aliphatic heterocycles. The van der Waals surface area contributed by atoms with Crippen LogP contribution in [0.1, 0.15) is 129 Å². The minimum atomic E-state index is 0.363. The largest absolute Gasteiger partial charge is 0.379 e. The molecule has 0 spiro atoms. The van der Waals surface area contributed by atoms with E-state index in [0.717, 1.165) is 32.2 Å². The van der Waals surface area contributed by atoms with Crippen LogP contribution in [0.5, 0.6) is 0 Å². The van der Waals surface area contributed by atoms with E-state index in [-0.39, 0.29) is 0 Å². The van der Waals surface area contributed by atoms with Gasteiger partial charge >= 0.3 is 0 Å². The van der Waals surface area contributed by atoms with Gasteiger partial charge < -0.3 is 9.47 Å². The smallest absolute Gasteiger partial charge is 0.0812 e. The summed E-state index contributed by atoms with van der Waals surface area (Å²) >= 11 is 0. The Bertz CT molecular complexity index is 305. The minimum absolute atomic E-state index is 0.363. The van der Waals surface area contributed by atoms with E-state index in [0.29, 0.717) is 6.10 Å². The molecule has 28 heavy (non-hydrogen) atoms. The number of hydrogen-bond acceptors (Lipinski definition) is 2. The van der Waals surface area contributed by atoms with Crippen molar-refractivity contribution in [3.8, 4) is 0 Å². The number of rotatable bonds is 21. The Labute approximate surface area is 177 Å².